The smallest absolute Gasteiger partial charge is 0.307 e. The molecule has 3 aromatic rings. The predicted molar refractivity (Wildman–Crippen MR) is 89.8 cm³/mol. The van der Waals surface area contributed by atoms with Crippen LogP contribution in [0.1, 0.15) is 34.1 Å². The maximum Gasteiger partial charge on any atom is 0.307 e. The number of esters is 1. The highest BCUT2D eigenvalue weighted by atomic mass is 16.5. The van der Waals surface area contributed by atoms with Crippen LogP contribution in [0.15, 0.2) is 47.1 Å². The number of nitrogens with zero attached hydrogens (tertiary/aromatic N) is 2. The van der Waals surface area contributed by atoms with Gasteiger partial charge in [0, 0.05) is 6.20 Å². The number of hydrogen-bond donors (Lipinski definition) is 1. The number of carbonyl (C=O) groups excluding carboxylic acids is 2. The van der Waals surface area contributed by atoms with Crippen molar-refractivity contribution in [1.82, 2.24) is 15.5 Å². The molecule has 1 atom stereocenters. The molecule has 0 spiro atoms. The summed E-state index contributed by atoms with van der Waals surface area (Å²) in [6.45, 7) is 1.78. The van der Waals surface area contributed by atoms with Gasteiger partial charge in [-0.1, -0.05) is 35.5 Å². The van der Waals surface area contributed by atoms with Crippen LogP contribution in [0.25, 0.3) is 11.1 Å². The number of fused-ring (bicyclic) bond motifs is 1. The summed E-state index contributed by atoms with van der Waals surface area (Å²) in [4.78, 5) is 28.4. The number of ether oxygens (including phenoxy) is 1. The van der Waals surface area contributed by atoms with E-state index in [0.717, 1.165) is 5.56 Å². The van der Waals surface area contributed by atoms with Crippen LogP contribution in [-0.2, 0) is 9.53 Å². The van der Waals surface area contributed by atoms with Crippen LogP contribution in [0.4, 0.5) is 0 Å². The monoisotopic (exact) mass is 339 g/mol. The van der Waals surface area contributed by atoms with Gasteiger partial charge in [-0.3, -0.25) is 9.59 Å². The normalized spacial score (nSPS) is 11.9. The largest absolute Gasteiger partial charge is 0.469 e. The molecule has 0 fully saturated rings. The summed E-state index contributed by atoms with van der Waals surface area (Å²) in [5, 5.41) is 7.36. The summed E-state index contributed by atoms with van der Waals surface area (Å²) >= 11 is 0. The molecule has 25 heavy (non-hydrogen) atoms. The van der Waals surface area contributed by atoms with E-state index in [4.69, 9.17) is 9.26 Å². The Hall–Kier alpha value is -3.22. The lowest BCUT2D eigenvalue weighted by molar-refractivity contribution is -0.141. The zero-order valence-electron chi connectivity index (χ0n) is 13.9. The molecule has 7 nitrogen and oxygen atoms in total. The van der Waals surface area contributed by atoms with Gasteiger partial charge in [0.2, 0.25) is 0 Å². The lowest BCUT2D eigenvalue weighted by Crippen LogP contribution is -2.30. The summed E-state index contributed by atoms with van der Waals surface area (Å²) in [5.41, 5.74) is 2.22. The van der Waals surface area contributed by atoms with Crippen molar-refractivity contribution in [1.29, 1.82) is 0 Å². The van der Waals surface area contributed by atoms with Crippen molar-refractivity contribution in [3.05, 3.63) is 59.4 Å². The number of rotatable bonds is 5. The standard InChI is InChI=1S/C18H17N3O4/c1-11-14-8-13(10-19-18(14)25-21-11)17(23)20-15(9-16(22)24-2)12-6-4-3-5-7-12/h3-8,10,15H,9H2,1-2H3,(H,20,23). The highest BCUT2D eigenvalue weighted by Gasteiger charge is 2.20. The molecule has 1 unspecified atom stereocenters. The highest BCUT2D eigenvalue weighted by Crippen LogP contribution is 2.20. The van der Waals surface area contributed by atoms with Crippen LogP contribution in [0.2, 0.25) is 0 Å². The summed E-state index contributed by atoms with van der Waals surface area (Å²) < 4.78 is 9.78. The van der Waals surface area contributed by atoms with Crippen LogP contribution in [0.5, 0.6) is 0 Å². The fourth-order valence-corrected chi connectivity index (χ4v) is 2.50. The zero-order chi connectivity index (χ0) is 17.8. The Labute approximate surface area is 144 Å². The summed E-state index contributed by atoms with van der Waals surface area (Å²) in [6, 6.07) is 10.4. The van der Waals surface area contributed by atoms with Crippen LogP contribution < -0.4 is 5.32 Å². The van der Waals surface area contributed by atoms with E-state index in [9.17, 15) is 9.59 Å². The zero-order valence-corrected chi connectivity index (χ0v) is 13.9. The van der Waals surface area contributed by atoms with Gasteiger partial charge in [-0.15, -0.1) is 0 Å². The first kappa shape index (κ1) is 16.6. The van der Waals surface area contributed by atoms with Crippen molar-refractivity contribution in [2.45, 2.75) is 19.4 Å². The fourth-order valence-electron chi connectivity index (χ4n) is 2.50. The first-order valence-electron chi connectivity index (χ1n) is 7.73. The molecule has 0 aliphatic heterocycles. The van der Waals surface area contributed by atoms with Crippen molar-refractivity contribution in [2.75, 3.05) is 7.11 Å². The van der Waals surface area contributed by atoms with Crippen LogP contribution in [0, 0.1) is 6.92 Å². The number of amides is 1. The van der Waals surface area contributed by atoms with E-state index in [2.05, 4.69) is 15.5 Å². The molecule has 128 valence electrons. The number of methoxy groups -OCH3 is 1. The molecule has 1 N–H and O–H groups in total. The molecular weight excluding hydrogens is 322 g/mol. The van der Waals surface area contributed by atoms with Gasteiger partial charge >= 0.3 is 5.97 Å². The number of carbonyl (C=O) groups is 2. The van der Waals surface area contributed by atoms with E-state index in [1.165, 1.54) is 13.3 Å². The number of aromatic nitrogens is 2. The first-order valence-corrected chi connectivity index (χ1v) is 7.73. The third-order valence-electron chi connectivity index (χ3n) is 3.88. The highest BCUT2D eigenvalue weighted by molar-refractivity contribution is 5.97. The number of pyridine rings is 1. The summed E-state index contributed by atoms with van der Waals surface area (Å²) in [7, 11) is 1.32. The number of hydrogen-bond acceptors (Lipinski definition) is 6. The Morgan fingerprint density at radius 3 is 2.76 bits per heavy atom. The average molecular weight is 339 g/mol. The van der Waals surface area contributed by atoms with Gasteiger partial charge in [-0.2, -0.15) is 0 Å². The van der Waals surface area contributed by atoms with Gasteiger partial charge in [0.1, 0.15) is 0 Å². The van der Waals surface area contributed by atoms with E-state index in [0.29, 0.717) is 22.4 Å². The van der Waals surface area contributed by atoms with Gasteiger partial charge in [-0.25, -0.2) is 4.98 Å². The average Bonchev–Trinajstić information content (AvgIpc) is 3.02. The van der Waals surface area contributed by atoms with E-state index >= 15 is 0 Å². The number of benzene rings is 1. The first-order chi connectivity index (χ1) is 12.1. The maximum absolute atomic E-state index is 12.6. The SMILES string of the molecule is COC(=O)CC(NC(=O)c1cnc2onc(C)c2c1)c1ccccc1. The molecule has 0 radical (unpaired) electrons. The van der Waals surface area contributed by atoms with Gasteiger partial charge in [0.05, 0.1) is 36.2 Å². The number of aryl methyl sites for hydroxylation is 1. The molecule has 0 saturated heterocycles. The molecule has 1 amide bonds. The molecular formula is C18H17N3O4. The molecule has 7 heteroatoms. The molecule has 1 aromatic carbocycles. The van der Waals surface area contributed by atoms with Gasteiger partial charge in [0.15, 0.2) is 0 Å². The molecule has 0 bridgehead atoms. The third kappa shape index (κ3) is 3.65. The molecule has 0 aliphatic rings. The van der Waals surface area contributed by atoms with E-state index in [1.54, 1.807) is 13.0 Å². The van der Waals surface area contributed by atoms with Crippen molar-refractivity contribution >= 4 is 23.0 Å². The Morgan fingerprint density at radius 1 is 1.28 bits per heavy atom. The van der Waals surface area contributed by atoms with Gasteiger partial charge in [-0.05, 0) is 18.6 Å². The van der Waals surface area contributed by atoms with Gasteiger partial charge < -0.3 is 14.6 Å². The Balaban J connectivity index is 1.85. The van der Waals surface area contributed by atoms with Gasteiger partial charge in [0.25, 0.3) is 11.6 Å². The number of nitrogens with one attached hydrogen (secondary N) is 1. The molecule has 0 saturated carbocycles. The Bertz CT molecular complexity index is 905. The van der Waals surface area contributed by atoms with E-state index < -0.39 is 12.0 Å². The molecule has 2 heterocycles. The lowest BCUT2D eigenvalue weighted by atomic mass is 10.0. The fraction of sp³-hybridized carbons (Fsp3) is 0.222. The minimum absolute atomic E-state index is 0.0359. The van der Waals surface area contributed by atoms with Crippen LogP contribution >= 0.6 is 0 Å². The second-order valence-electron chi connectivity index (χ2n) is 5.56. The van der Waals surface area contributed by atoms with Crippen molar-refractivity contribution in [3.63, 3.8) is 0 Å². The summed E-state index contributed by atoms with van der Waals surface area (Å²) in [6.07, 6.45) is 1.46. The predicted octanol–water partition coefficient (Wildman–Crippen LogP) is 2.57. The van der Waals surface area contributed by atoms with Crippen LogP contribution in [-0.4, -0.2) is 29.1 Å². The minimum Gasteiger partial charge on any atom is -0.469 e. The quantitative estimate of drug-likeness (QED) is 0.718. The molecule has 2 aromatic heterocycles. The van der Waals surface area contributed by atoms with E-state index in [-0.39, 0.29) is 12.3 Å². The maximum atomic E-state index is 12.6. The van der Waals surface area contributed by atoms with Crippen LogP contribution in [0.3, 0.4) is 0 Å². The Morgan fingerprint density at radius 2 is 2.04 bits per heavy atom. The molecule has 3 rings (SSSR count). The topological polar surface area (TPSA) is 94.3 Å². The Kier molecular flexibility index (Phi) is 4.74. The van der Waals surface area contributed by atoms with E-state index in [1.807, 2.05) is 30.3 Å². The second kappa shape index (κ2) is 7.12. The third-order valence-corrected chi connectivity index (χ3v) is 3.88. The lowest BCUT2D eigenvalue weighted by Gasteiger charge is -2.18. The van der Waals surface area contributed by atoms with Crippen molar-refractivity contribution in [3.8, 4) is 0 Å². The summed E-state index contributed by atoms with van der Waals surface area (Å²) in [5.74, 6) is -0.745. The molecule has 0 aliphatic carbocycles. The minimum atomic E-state index is -0.500. The van der Waals surface area contributed by atoms with Crippen molar-refractivity contribution < 1.29 is 18.8 Å². The second-order valence-corrected chi connectivity index (χ2v) is 5.56. The van der Waals surface area contributed by atoms with Crippen molar-refractivity contribution in [2.24, 2.45) is 0 Å².